The molecule has 1 aromatic carbocycles. The fraction of sp³-hybridized carbons (Fsp3) is 0.607. The zero-order valence-corrected chi connectivity index (χ0v) is 25.5. The van der Waals surface area contributed by atoms with E-state index in [1.807, 2.05) is 0 Å². The highest BCUT2D eigenvalue weighted by Gasteiger charge is 2.25. The zero-order valence-electron chi connectivity index (χ0n) is 24.7. The zero-order chi connectivity index (χ0) is 31.3. The van der Waals surface area contributed by atoms with E-state index in [0.29, 0.717) is 110 Å². The summed E-state index contributed by atoms with van der Waals surface area (Å²) < 4.78 is 27.8. The molecule has 43 heavy (non-hydrogen) atoms. The third kappa shape index (κ3) is 15.7. The van der Waals surface area contributed by atoms with Crippen molar-refractivity contribution in [3.63, 3.8) is 0 Å². The van der Waals surface area contributed by atoms with Gasteiger partial charge in [-0.15, -0.1) is 0 Å². The second-order valence-electron chi connectivity index (χ2n) is 9.52. The Hall–Kier alpha value is -3.21. The lowest BCUT2D eigenvalue weighted by Gasteiger charge is -2.29. The quantitative estimate of drug-likeness (QED) is 0.120. The van der Waals surface area contributed by atoms with Crippen molar-refractivity contribution in [2.75, 3.05) is 91.0 Å². The van der Waals surface area contributed by atoms with Gasteiger partial charge in [0.05, 0.1) is 71.0 Å². The fourth-order valence-electron chi connectivity index (χ4n) is 3.79. The minimum Gasteiger partial charge on any atom is -0.377 e. The molecule has 1 unspecified atom stereocenters. The van der Waals surface area contributed by atoms with Gasteiger partial charge in [-0.1, -0.05) is 6.58 Å². The maximum Gasteiger partial charge on any atom is 0.269 e. The molecule has 0 saturated carbocycles. The lowest BCUT2D eigenvalue weighted by Crippen LogP contribution is -2.51. The van der Waals surface area contributed by atoms with Crippen molar-refractivity contribution < 1.29 is 38.2 Å². The lowest BCUT2D eigenvalue weighted by molar-refractivity contribution is -0.384. The number of carbonyl (C=O) groups is 2. The molecule has 2 rings (SSSR count). The van der Waals surface area contributed by atoms with Crippen LogP contribution in [-0.2, 0) is 33.3 Å². The predicted molar refractivity (Wildman–Crippen MR) is 164 cm³/mol. The molecule has 15 heteroatoms. The number of thiocarbonyl (C=S) groups is 1. The number of hydrogen-bond acceptors (Lipinski definition) is 10. The molecule has 1 aliphatic rings. The molecule has 1 aliphatic heterocycles. The molecular formula is C28H43N5O9S. The molecule has 240 valence electrons. The van der Waals surface area contributed by atoms with Crippen molar-refractivity contribution in [3.05, 3.63) is 46.5 Å². The van der Waals surface area contributed by atoms with Gasteiger partial charge >= 0.3 is 0 Å². The van der Waals surface area contributed by atoms with Gasteiger partial charge in [0.25, 0.3) is 5.69 Å². The first-order chi connectivity index (χ1) is 20.8. The van der Waals surface area contributed by atoms with Gasteiger partial charge < -0.3 is 44.5 Å². The van der Waals surface area contributed by atoms with Crippen molar-refractivity contribution in [1.82, 2.24) is 15.5 Å². The van der Waals surface area contributed by atoms with E-state index in [-0.39, 0.29) is 22.6 Å². The number of anilines is 1. The van der Waals surface area contributed by atoms with Crippen molar-refractivity contribution in [3.8, 4) is 0 Å². The van der Waals surface area contributed by atoms with Crippen molar-refractivity contribution in [1.29, 1.82) is 0 Å². The van der Waals surface area contributed by atoms with Crippen LogP contribution in [-0.4, -0.2) is 118 Å². The van der Waals surface area contributed by atoms with E-state index < -0.39 is 11.0 Å². The Balaban J connectivity index is 2.05. The largest absolute Gasteiger partial charge is 0.377 e. The van der Waals surface area contributed by atoms with Crippen LogP contribution >= 0.6 is 12.2 Å². The van der Waals surface area contributed by atoms with Crippen molar-refractivity contribution in [2.24, 2.45) is 0 Å². The predicted octanol–water partition coefficient (Wildman–Crippen LogP) is 1.65. The molecule has 1 heterocycles. The number of non-ortho nitro benzene ring substituents is 1. The first kappa shape index (κ1) is 36.0. The summed E-state index contributed by atoms with van der Waals surface area (Å²) in [5, 5.41) is 19.9. The first-order valence-electron chi connectivity index (χ1n) is 14.2. The van der Waals surface area contributed by atoms with Crippen molar-refractivity contribution in [2.45, 2.75) is 25.8 Å². The topological polar surface area (TPSA) is 163 Å². The average Bonchev–Trinajstić information content (AvgIpc) is 2.98. The molecule has 0 bridgehead atoms. The van der Waals surface area contributed by atoms with Gasteiger partial charge in [0, 0.05) is 43.0 Å². The second kappa shape index (κ2) is 21.5. The number of nitro groups is 1. The van der Waals surface area contributed by atoms with Crippen LogP contribution in [0.4, 0.5) is 11.4 Å². The Labute approximate surface area is 257 Å². The summed E-state index contributed by atoms with van der Waals surface area (Å²) in [6.45, 7) is 10.2. The maximum atomic E-state index is 13.8. The summed E-state index contributed by atoms with van der Waals surface area (Å²) in [5.74, 6) is -0.473. The van der Waals surface area contributed by atoms with E-state index in [4.69, 9.17) is 35.9 Å². The number of rotatable bonds is 9. The first-order valence-corrected chi connectivity index (χ1v) is 14.6. The maximum absolute atomic E-state index is 13.8. The Bertz CT molecular complexity index is 1010. The molecule has 1 saturated heterocycles. The number of benzene rings is 1. The van der Waals surface area contributed by atoms with Gasteiger partial charge in [0.15, 0.2) is 5.11 Å². The Kier molecular flexibility index (Phi) is 18.0. The number of nitrogens with zero attached hydrogens (tertiary/aromatic N) is 2. The number of ether oxygens (including phenoxy) is 5. The molecule has 14 nitrogen and oxygen atoms in total. The number of amides is 2. The summed E-state index contributed by atoms with van der Waals surface area (Å²) in [4.78, 5) is 37.8. The minimum absolute atomic E-state index is 0.0512. The van der Waals surface area contributed by atoms with Crippen molar-refractivity contribution >= 4 is 40.5 Å². The summed E-state index contributed by atoms with van der Waals surface area (Å²) in [6.07, 6.45) is 0.848. The smallest absolute Gasteiger partial charge is 0.269 e. The lowest BCUT2D eigenvalue weighted by atomic mass is 10.1. The molecule has 1 fully saturated rings. The van der Waals surface area contributed by atoms with E-state index >= 15 is 0 Å². The van der Waals surface area contributed by atoms with Crippen LogP contribution in [0.25, 0.3) is 0 Å². The van der Waals surface area contributed by atoms with Gasteiger partial charge in [0.2, 0.25) is 11.8 Å². The molecule has 0 radical (unpaired) electrons. The van der Waals surface area contributed by atoms with Crippen LogP contribution in [0.1, 0.15) is 19.8 Å². The van der Waals surface area contributed by atoms with E-state index in [9.17, 15) is 19.7 Å². The Morgan fingerprint density at radius 3 is 1.88 bits per heavy atom. The summed E-state index contributed by atoms with van der Waals surface area (Å²) in [6, 6.07) is 5.04. The van der Waals surface area contributed by atoms with Gasteiger partial charge in [0.1, 0.15) is 6.04 Å². The molecule has 1 aromatic rings. The second-order valence-corrected chi connectivity index (χ2v) is 9.93. The Morgan fingerprint density at radius 1 is 0.930 bits per heavy atom. The van der Waals surface area contributed by atoms with Crippen LogP contribution in [0.15, 0.2) is 36.4 Å². The van der Waals surface area contributed by atoms with Crippen LogP contribution in [0.5, 0.6) is 0 Å². The average molecular weight is 626 g/mol. The monoisotopic (exact) mass is 625 g/mol. The highest BCUT2D eigenvalue weighted by molar-refractivity contribution is 7.80. The van der Waals surface area contributed by atoms with E-state index in [2.05, 4.69) is 22.5 Å². The van der Waals surface area contributed by atoms with Crippen LogP contribution in [0.2, 0.25) is 0 Å². The third-order valence-electron chi connectivity index (χ3n) is 6.09. The molecule has 0 aromatic heterocycles. The van der Waals surface area contributed by atoms with Gasteiger partial charge in [-0.05, 0) is 44.1 Å². The normalized spacial score (nSPS) is 17.0. The van der Waals surface area contributed by atoms with E-state index in [1.54, 1.807) is 11.8 Å². The van der Waals surface area contributed by atoms with Gasteiger partial charge in [-0.25, -0.2) is 0 Å². The molecule has 0 aliphatic carbocycles. The molecular weight excluding hydrogens is 582 g/mol. The third-order valence-corrected chi connectivity index (χ3v) is 6.31. The number of nitrogens with one attached hydrogen (secondary N) is 3. The summed E-state index contributed by atoms with van der Waals surface area (Å²) in [5.41, 5.74) is 0.869. The highest BCUT2D eigenvalue weighted by Crippen LogP contribution is 2.15. The van der Waals surface area contributed by atoms with Gasteiger partial charge in [-0.2, -0.15) is 0 Å². The summed E-state index contributed by atoms with van der Waals surface area (Å²) in [7, 11) is 0. The van der Waals surface area contributed by atoms with Crippen LogP contribution < -0.4 is 16.0 Å². The Morgan fingerprint density at radius 2 is 1.42 bits per heavy atom. The molecule has 2 amide bonds. The standard InChI is InChI=1S/C28H43N5O9S/c1-22(2)26(34)29-9-3-4-25(31-28(43)30-23-5-7-24(8-6-23)33(36)37)27(35)32-10-12-38-14-16-40-18-20-42-21-19-41-17-15-39-13-11-32/h5-8,25H,1,3-4,9-21H2,2H3,(H,29,34)(H2,30,31,43). The highest BCUT2D eigenvalue weighted by atomic mass is 32.1. The molecule has 0 spiro atoms. The molecule has 3 N–H and O–H groups in total. The number of nitro benzene ring substituents is 1. The molecule has 1 atom stereocenters. The summed E-state index contributed by atoms with van der Waals surface area (Å²) >= 11 is 5.47. The fourth-order valence-corrected chi connectivity index (χ4v) is 4.05. The minimum atomic E-state index is -0.732. The van der Waals surface area contributed by atoms with E-state index in [0.717, 1.165) is 0 Å². The number of hydrogen-bond donors (Lipinski definition) is 3. The van der Waals surface area contributed by atoms with Gasteiger partial charge in [-0.3, -0.25) is 19.7 Å². The van der Waals surface area contributed by atoms with Crippen LogP contribution in [0.3, 0.4) is 0 Å². The number of carbonyl (C=O) groups excluding carboxylic acids is 2. The van der Waals surface area contributed by atoms with Crippen LogP contribution in [0, 0.1) is 10.1 Å². The van der Waals surface area contributed by atoms with E-state index in [1.165, 1.54) is 24.3 Å². The SMILES string of the molecule is C=C(C)C(=O)NCCCC(NC(=S)Nc1ccc([N+](=O)[O-])cc1)C(=O)N1CCOCCOCCOCCOCCOCC1.